The molecule has 0 amide bonds. The smallest absolute Gasteiger partial charge is 0.0843 e. The van der Waals surface area contributed by atoms with Crippen molar-refractivity contribution < 1.29 is 0 Å². The van der Waals surface area contributed by atoms with Crippen molar-refractivity contribution in [2.45, 2.75) is 6.04 Å². The van der Waals surface area contributed by atoms with Crippen LogP contribution < -0.4 is 5.32 Å². The van der Waals surface area contributed by atoms with Crippen molar-refractivity contribution >= 4 is 75.1 Å². The lowest BCUT2D eigenvalue weighted by molar-refractivity contribution is 0.700. The third-order valence-corrected chi connectivity index (χ3v) is 7.04. The average Bonchev–Trinajstić information content (AvgIpc) is 2.65. The Morgan fingerprint density at radius 3 is 2.33 bits per heavy atom. The van der Waals surface area contributed by atoms with Crippen LogP contribution in [0.15, 0.2) is 41.5 Å². The molecule has 0 spiro atoms. The molecule has 0 saturated carbocycles. The average molecular weight is 519 g/mol. The lowest BCUT2D eigenvalue weighted by atomic mass is 10.1. The van der Waals surface area contributed by atoms with Gasteiger partial charge in [0.2, 0.25) is 0 Å². The van der Waals surface area contributed by atoms with Crippen molar-refractivity contribution in [1.82, 2.24) is 5.32 Å². The third-order valence-electron chi connectivity index (χ3n) is 2.51. The van der Waals surface area contributed by atoms with Crippen LogP contribution in [0.4, 0.5) is 0 Å². The molecule has 18 heavy (non-hydrogen) atoms. The second-order valence-electron chi connectivity index (χ2n) is 3.66. The van der Waals surface area contributed by atoms with E-state index in [1.54, 1.807) is 11.3 Å². The van der Waals surface area contributed by atoms with Gasteiger partial charge in [-0.25, -0.2) is 0 Å². The normalized spacial score (nSPS) is 12.7. The maximum atomic E-state index is 3.61. The van der Waals surface area contributed by atoms with Crippen LogP contribution in [0, 0.1) is 0 Å². The lowest BCUT2D eigenvalue weighted by Crippen LogP contribution is -2.17. The molecule has 0 aliphatic rings. The molecule has 1 heterocycles. The highest BCUT2D eigenvalue weighted by Crippen LogP contribution is 2.39. The summed E-state index contributed by atoms with van der Waals surface area (Å²) in [6.45, 7) is 0. The van der Waals surface area contributed by atoms with E-state index < -0.39 is 0 Å². The molecule has 0 aliphatic heterocycles. The Hall–Kier alpha value is 0.800. The molecule has 96 valence electrons. The minimum absolute atomic E-state index is 0.171. The minimum Gasteiger partial charge on any atom is -0.309 e. The maximum absolute atomic E-state index is 3.61. The highest BCUT2D eigenvalue weighted by atomic mass is 79.9. The Labute approximate surface area is 144 Å². The Morgan fingerprint density at radius 2 is 1.78 bits per heavy atom. The highest BCUT2D eigenvalue weighted by Gasteiger charge is 2.18. The van der Waals surface area contributed by atoms with E-state index in [0.29, 0.717) is 0 Å². The molecule has 6 heteroatoms. The molecule has 1 aromatic heterocycles. The molecule has 0 fully saturated rings. The molecule has 0 saturated heterocycles. The quantitative estimate of drug-likeness (QED) is 0.517. The molecular formula is C12H9Br4NS. The summed E-state index contributed by atoms with van der Waals surface area (Å²) >= 11 is 15.9. The molecule has 1 atom stereocenters. The zero-order valence-corrected chi connectivity index (χ0v) is 16.5. The van der Waals surface area contributed by atoms with Crippen molar-refractivity contribution in [1.29, 1.82) is 0 Å². The van der Waals surface area contributed by atoms with Crippen LogP contribution in [0.25, 0.3) is 0 Å². The van der Waals surface area contributed by atoms with Gasteiger partial charge in [0.25, 0.3) is 0 Å². The largest absolute Gasteiger partial charge is 0.309 e. The van der Waals surface area contributed by atoms with E-state index in [2.05, 4.69) is 87.2 Å². The first-order valence-electron chi connectivity index (χ1n) is 5.10. The summed E-state index contributed by atoms with van der Waals surface area (Å²) in [5.41, 5.74) is 1.22. The first-order valence-corrected chi connectivity index (χ1v) is 9.08. The Bertz CT molecular complexity index is 548. The topological polar surface area (TPSA) is 12.0 Å². The summed E-state index contributed by atoms with van der Waals surface area (Å²) in [6.07, 6.45) is 0. The van der Waals surface area contributed by atoms with Gasteiger partial charge in [0, 0.05) is 18.3 Å². The van der Waals surface area contributed by atoms with Crippen LogP contribution in [-0.2, 0) is 0 Å². The van der Waals surface area contributed by atoms with Gasteiger partial charge in [-0.2, -0.15) is 0 Å². The summed E-state index contributed by atoms with van der Waals surface area (Å²) in [5.74, 6) is 0. The zero-order valence-electron chi connectivity index (χ0n) is 9.31. The molecule has 0 aliphatic carbocycles. The first-order chi connectivity index (χ1) is 8.52. The van der Waals surface area contributed by atoms with Gasteiger partial charge in [0.1, 0.15) is 0 Å². The van der Waals surface area contributed by atoms with Crippen molar-refractivity contribution in [3.8, 4) is 0 Å². The summed E-state index contributed by atoms with van der Waals surface area (Å²) in [7, 11) is 1.97. The van der Waals surface area contributed by atoms with Crippen LogP contribution in [0.5, 0.6) is 0 Å². The van der Waals surface area contributed by atoms with Gasteiger partial charge < -0.3 is 5.32 Å². The summed E-state index contributed by atoms with van der Waals surface area (Å²) in [6, 6.07) is 8.53. The molecule has 1 N–H and O–H groups in total. The number of hydrogen-bond acceptors (Lipinski definition) is 2. The molecular weight excluding hydrogens is 510 g/mol. The number of benzene rings is 1. The molecule has 0 bridgehead atoms. The van der Waals surface area contributed by atoms with E-state index in [0.717, 1.165) is 17.2 Å². The predicted octanol–water partition coefficient (Wildman–Crippen LogP) is 6.11. The van der Waals surface area contributed by atoms with Crippen LogP contribution in [0.2, 0.25) is 0 Å². The second-order valence-corrected chi connectivity index (χ2v) is 8.68. The van der Waals surface area contributed by atoms with Gasteiger partial charge >= 0.3 is 0 Å². The molecule has 1 nitrogen and oxygen atoms in total. The number of hydrogen-bond donors (Lipinski definition) is 1. The van der Waals surface area contributed by atoms with Crippen LogP contribution in [0.1, 0.15) is 16.5 Å². The number of thiophene rings is 1. The fourth-order valence-electron chi connectivity index (χ4n) is 1.69. The van der Waals surface area contributed by atoms with E-state index in [9.17, 15) is 0 Å². The van der Waals surface area contributed by atoms with Gasteiger partial charge in [0.05, 0.1) is 9.83 Å². The lowest BCUT2D eigenvalue weighted by Gasteiger charge is -2.17. The maximum Gasteiger partial charge on any atom is 0.0843 e. The Balaban J connectivity index is 2.48. The van der Waals surface area contributed by atoms with Gasteiger partial charge in [-0.05, 0) is 68.7 Å². The van der Waals surface area contributed by atoms with Crippen LogP contribution in [0.3, 0.4) is 0 Å². The highest BCUT2D eigenvalue weighted by molar-refractivity contribution is 9.13. The van der Waals surface area contributed by atoms with Crippen molar-refractivity contribution in [3.63, 3.8) is 0 Å². The monoisotopic (exact) mass is 515 g/mol. The summed E-state index contributed by atoms with van der Waals surface area (Å²) in [4.78, 5) is 1.26. The van der Waals surface area contributed by atoms with Gasteiger partial charge in [0.15, 0.2) is 0 Å². The summed E-state index contributed by atoms with van der Waals surface area (Å²) in [5, 5.41) is 3.36. The molecule has 2 aromatic rings. The third kappa shape index (κ3) is 3.27. The predicted molar refractivity (Wildman–Crippen MR) is 92.5 cm³/mol. The fourth-order valence-corrected chi connectivity index (χ4v) is 4.77. The number of halogens is 4. The van der Waals surface area contributed by atoms with Crippen LogP contribution in [-0.4, -0.2) is 7.05 Å². The van der Waals surface area contributed by atoms with E-state index >= 15 is 0 Å². The van der Waals surface area contributed by atoms with Gasteiger partial charge in [-0.3, -0.25) is 0 Å². The van der Waals surface area contributed by atoms with E-state index in [1.165, 1.54) is 10.4 Å². The van der Waals surface area contributed by atoms with Crippen molar-refractivity contribution in [2.24, 2.45) is 0 Å². The number of nitrogens with one attached hydrogen (secondary N) is 1. The minimum atomic E-state index is 0.171. The fraction of sp³-hybridized carbons (Fsp3) is 0.167. The van der Waals surface area contributed by atoms with E-state index in [1.807, 2.05) is 13.1 Å². The van der Waals surface area contributed by atoms with Crippen LogP contribution >= 0.6 is 75.1 Å². The number of rotatable bonds is 3. The van der Waals surface area contributed by atoms with E-state index in [-0.39, 0.29) is 6.04 Å². The van der Waals surface area contributed by atoms with Gasteiger partial charge in [-0.1, -0.05) is 31.9 Å². The van der Waals surface area contributed by atoms with Gasteiger partial charge in [-0.15, -0.1) is 11.3 Å². The second kappa shape index (κ2) is 6.50. The first kappa shape index (κ1) is 15.2. The van der Waals surface area contributed by atoms with Crippen molar-refractivity contribution in [3.05, 3.63) is 51.9 Å². The molecule has 1 aromatic carbocycles. The molecule has 1 unspecified atom stereocenters. The molecule has 0 radical (unpaired) electrons. The van der Waals surface area contributed by atoms with E-state index in [4.69, 9.17) is 0 Å². The summed E-state index contributed by atoms with van der Waals surface area (Å²) < 4.78 is 4.39. The van der Waals surface area contributed by atoms with Crippen molar-refractivity contribution in [2.75, 3.05) is 7.05 Å². The zero-order chi connectivity index (χ0) is 13.3. The Morgan fingerprint density at radius 1 is 1.06 bits per heavy atom. The standard InChI is InChI=1S/C12H9Br4NS/c1-17-11(10-5-9(15)12(16)18-10)7-4-6(13)2-3-8(7)14/h2-5,11,17H,1H3. The SMILES string of the molecule is CNC(c1cc(Br)c(Br)s1)c1cc(Br)ccc1Br. The molecule has 2 rings (SSSR count). The Kier molecular flexibility index (Phi) is 5.49.